The maximum Gasteiger partial charge on any atom is 0.263 e. The molecule has 0 spiro atoms. The highest BCUT2D eigenvalue weighted by atomic mass is 16.5. The lowest BCUT2D eigenvalue weighted by Crippen LogP contribution is -2.26. The van der Waals surface area contributed by atoms with E-state index in [9.17, 15) is 4.79 Å². The van der Waals surface area contributed by atoms with Crippen LogP contribution in [0.15, 0.2) is 5.11 Å². The number of ether oxygens (including phenoxy) is 1. The number of aryl methyl sites for hydroxylation is 1. The van der Waals surface area contributed by atoms with Gasteiger partial charge in [-0.25, -0.2) is 9.97 Å². The van der Waals surface area contributed by atoms with Gasteiger partial charge in [-0.3, -0.25) is 4.79 Å². The molecule has 1 aliphatic rings. The number of azide groups is 1. The molecule has 1 amide bonds. The van der Waals surface area contributed by atoms with E-state index in [4.69, 9.17) is 10.3 Å². The number of hydrogen-bond donors (Lipinski definition) is 1. The summed E-state index contributed by atoms with van der Waals surface area (Å²) in [6, 6.07) is 0. The number of fused-ring (bicyclic) bond motifs is 1. The van der Waals surface area contributed by atoms with Crippen molar-refractivity contribution in [1.82, 2.24) is 9.97 Å². The van der Waals surface area contributed by atoms with E-state index in [1.807, 2.05) is 0 Å². The van der Waals surface area contributed by atoms with Crippen LogP contribution in [0.5, 0.6) is 5.75 Å². The van der Waals surface area contributed by atoms with E-state index < -0.39 is 0 Å². The Bertz CT molecular complexity index is 479. The van der Waals surface area contributed by atoms with Crippen molar-refractivity contribution in [1.29, 1.82) is 0 Å². The Labute approximate surface area is 83.9 Å². The second-order valence-corrected chi connectivity index (χ2v) is 2.80. The molecule has 0 fully saturated rings. The van der Waals surface area contributed by atoms with Crippen molar-refractivity contribution >= 4 is 17.5 Å². The largest absolute Gasteiger partial charge is 0.478 e. The first kappa shape index (κ1) is 9.22. The predicted molar refractivity (Wildman–Crippen MR) is 49.7 cm³/mol. The van der Waals surface area contributed by atoms with Crippen molar-refractivity contribution in [3.8, 4) is 5.75 Å². The third kappa shape index (κ3) is 1.65. The summed E-state index contributed by atoms with van der Waals surface area (Å²) in [5.74, 6) is 0.619. The van der Waals surface area contributed by atoms with Gasteiger partial charge in [0.2, 0.25) is 0 Å². The van der Waals surface area contributed by atoms with Crippen LogP contribution in [0.3, 0.4) is 0 Å². The molecule has 0 atom stereocenters. The summed E-state index contributed by atoms with van der Waals surface area (Å²) < 4.78 is 5.07. The van der Waals surface area contributed by atoms with Crippen molar-refractivity contribution in [3.63, 3.8) is 0 Å². The van der Waals surface area contributed by atoms with Crippen LogP contribution >= 0.6 is 0 Å². The summed E-state index contributed by atoms with van der Waals surface area (Å²) in [5.41, 5.74) is 8.32. The molecule has 0 unspecified atom stereocenters. The van der Waals surface area contributed by atoms with E-state index in [-0.39, 0.29) is 29.9 Å². The first-order valence-corrected chi connectivity index (χ1v) is 4.07. The standard InChI is InChI=1S/C7H6N6O2/c1-3-9-6-5(7(10-3)12-13-8)15-2-4(14)11-6/h2H2,1H3,(H,9,10,11,14). The van der Waals surface area contributed by atoms with Crippen LogP contribution < -0.4 is 10.1 Å². The van der Waals surface area contributed by atoms with Gasteiger partial charge in [-0.1, -0.05) is 0 Å². The fourth-order valence-corrected chi connectivity index (χ4v) is 1.18. The summed E-state index contributed by atoms with van der Waals surface area (Å²) in [5, 5.41) is 5.86. The highest BCUT2D eigenvalue weighted by molar-refractivity contribution is 5.95. The zero-order valence-corrected chi connectivity index (χ0v) is 7.76. The topological polar surface area (TPSA) is 113 Å². The van der Waals surface area contributed by atoms with Gasteiger partial charge in [-0.05, 0) is 17.6 Å². The zero-order chi connectivity index (χ0) is 10.8. The van der Waals surface area contributed by atoms with E-state index in [1.165, 1.54) is 0 Å². The summed E-state index contributed by atoms with van der Waals surface area (Å²) in [4.78, 5) is 21.5. The molecule has 1 N–H and O–H groups in total. The average Bonchev–Trinajstić information content (AvgIpc) is 2.17. The van der Waals surface area contributed by atoms with Gasteiger partial charge in [0.05, 0.1) is 0 Å². The summed E-state index contributed by atoms with van der Waals surface area (Å²) in [7, 11) is 0. The Hall–Kier alpha value is -2.34. The first-order valence-electron chi connectivity index (χ1n) is 4.07. The second-order valence-electron chi connectivity index (χ2n) is 2.80. The molecule has 8 nitrogen and oxygen atoms in total. The average molecular weight is 206 g/mol. The lowest BCUT2D eigenvalue weighted by atomic mass is 10.4. The minimum Gasteiger partial charge on any atom is -0.478 e. The molecule has 1 aromatic rings. The van der Waals surface area contributed by atoms with Crippen molar-refractivity contribution in [2.75, 3.05) is 11.9 Å². The number of amides is 1. The molecule has 0 radical (unpaired) electrons. The van der Waals surface area contributed by atoms with Gasteiger partial charge in [-0.15, -0.1) is 0 Å². The molecule has 0 aromatic carbocycles. The number of aromatic nitrogens is 2. The number of anilines is 1. The van der Waals surface area contributed by atoms with E-state index in [0.29, 0.717) is 5.82 Å². The van der Waals surface area contributed by atoms with Gasteiger partial charge >= 0.3 is 0 Å². The van der Waals surface area contributed by atoms with Gasteiger partial charge in [0.25, 0.3) is 5.91 Å². The molecule has 8 heteroatoms. The third-order valence-corrected chi connectivity index (χ3v) is 1.70. The molecule has 1 aliphatic heterocycles. The maximum atomic E-state index is 11.0. The van der Waals surface area contributed by atoms with Crippen molar-refractivity contribution in [3.05, 3.63) is 16.3 Å². The van der Waals surface area contributed by atoms with Gasteiger partial charge in [0, 0.05) is 4.91 Å². The Balaban J connectivity index is 2.58. The van der Waals surface area contributed by atoms with Crippen LogP contribution in [0.2, 0.25) is 0 Å². The molecular formula is C7H6N6O2. The monoisotopic (exact) mass is 206 g/mol. The first-order chi connectivity index (χ1) is 7.20. The molecule has 0 bridgehead atoms. The maximum absolute atomic E-state index is 11.0. The molecule has 2 heterocycles. The normalized spacial score (nSPS) is 13.3. The molecule has 15 heavy (non-hydrogen) atoms. The smallest absolute Gasteiger partial charge is 0.263 e. The Kier molecular flexibility index (Phi) is 2.11. The summed E-state index contributed by atoms with van der Waals surface area (Å²) >= 11 is 0. The zero-order valence-electron chi connectivity index (χ0n) is 7.76. The van der Waals surface area contributed by atoms with Crippen LogP contribution in [-0.2, 0) is 4.79 Å². The number of nitrogens with one attached hydrogen (secondary N) is 1. The highest BCUT2D eigenvalue weighted by Crippen LogP contribution is 2.34. The van der Waals surface area contributed by atoms with Crippen LogP contribution in [0.4, 0.5) is 11.6 Å². The van der Waals surface area contributed by atoms with Crippen LogP contribution in [0.1, 0.15) is 5.82 Å². The predicted octanol–water partition coefficient (Wildman–Crippen LogP) is 1.06. The Morgan fingerprint density at radius 1 is 1.60 bits per heavy atom. The van der Waals surface area contributed by atoms with Crippen LogP contribution in [-0.4, -0.2) is 22.5 Å². The second kappa shape index (κ2) is 3.43. The summed E-state index contributed by atoms with van der Waals surface area (Å²) in [6.07, 6.45) is 0. The molecule has 0 aliphatic carbocycles. The number of rotatable bonds is 1. The van der Waals surface area contributed by atoms with E-state index in [0.717, 1.165) is 0 Å². The van der Waals surface area contributed by atoms with Crippen molar-refractivity contribution in [2.24, 2.45) is 5.11 Å². The molecule has 0 saturated carbocycles. The van der Waals surface area contributed by atoms with Gasteiger partial charge in [0.15, 0.2) is 24.0 Å². The molecule has 2 rings (SSSR count). The third-order valence-electron chi connectivity index (χ3n) is 1.70. The highest BCUT2D eigenvalue weighted by Gasteiger charge is 2.21. The van der Waals surface area contributed by atoms with E-state index in [1.54, 1.807) is 6.92 Å². The minimum absolute atomic E-state index is 0.0833. The fraction of sp³-hybridized carbons (Fsp3) is 0.286. The van der Waals surface area contributed by atoms with E-state index >= 15 is 0 Å². The molecule has 76 valence electrons. The SMILES string of the molecule is Cc1nc(N=[N+]=[N-])c2c(n1)NC(=O)CO2. The minimum atomic E-state index is -0.299. The number of hydrogen-bond acceptors (Lipinski definition) is 5. The summed E-state index contributed by atoms with van der Waals surface area (Å²) in [6.45, 7) is 1.49. The van der Waals surface area contributed by atoms with Crippen LogP contribution in [0.25, 0.3) is 10.4 Å². The van der Waals surface area contributed by atoms with Gasteiger partial charge < -0.3 is 10.1 Å². The molecule has 1 aromatic heterocycles. The van der Waals surface area contributed by atoms with Crippen molar-refractivity contribution < 1.29 is 9.53 Å². The number of carbonyl (C=O) groups excluding carboxylic acids is 1. The van der Waals surface area contributed by atoms with Crippen LogP contribution in [0, 0.1) is 6.92 Å². The number of carbonyl (C=O) groups is 1. The molecule has 0 saturated heterocycles. The quantitative estimate of drug-likeness (QED) is 0.420. The lowest BCUT2D eigenvalue weighted by molar-refractivity contribution is -0.118. The Morgan fingerprint density at radius 2 is 2.40 bits per heavy atom. The lowest BCUT2D eigenvalue weighted by Gasteiger charge is -2.17. The number of nitrogens with zero attached hydrogens (tertiary/aromatic N) is 5. The van der Waals surface area contributed by atoms with Gasteiger partial charge in [-0.2, -0.15) is 0 Å². The Morgan fingerprint density at radius 3 is 3.13 bits per heavy atom. The van der Waals surface area contributed by atoms with Gasteiger partial charge in [0.1, 0.15) is 5.82 Å². The van der Waals surface area contributed by atoms with Crippen molar-refractivity contribution in [2.45, 2.75) is 6.92 Å². The fourth-order valence-electron chi connectivity index (χ4n) is 1.18. The molecular weight excluding hydrogens is 200 g/mol. The van der Waals surface area contributed by atoms with E-state index in [2.05, 4.69) is 25.3 Å².